The van der Waals surface area contributed by atoms with Gasteiger partial charge in [-0.05, 0) is 18.6 Å². The molecule has 82 valence electrons. The molecule has 2 heterocycles. The van der Waals surface area contributed by atoms with E-state index in [-0.39, 0.29) is 5.91 Å². The van der Waals surface area contributed by atoms with Crippen molar-refractivity contribution in [2.45, 2.75) is 18.7 Å². The van der Waals surface area contributed by atoms with Gasteiger partial charge in [0.1, 0.15) is 0 Å². The molecule has 0 aromatic heterocycles. The van der Waals surface area contributed by atoms with Crippen molar-refractivity contribution in [1.82, 2.24) is 9.80 Å². The van der Waals surface area contributed by atoms with Crippen LogP contribution >= 0.6 is 11.8 Å². The van der Waals surface area contributed by atoms with E-state index in [2.05, 4.69) is 17.9 Å². The molecular weight excluding hydrogens is 208 g/mol. The predicted octanol–water partition coefficient (Wildman–Crippen LogP) is 1.64. The Balaban J connectivity index is 2.11. The zero-order chi connectivity index (χ0) is 11.0. The molecule has 1 amide bonds. The second kappa shape index (κ2) is 3.93. The number of hydrogen-bond donors (Lipinski definition) is 0. The zero-order valence-corrected chi connectivity index (χ0v) is 10.2. The molecule has 0 bridgehead atoms. The molecule has 2 aliphatic rings. The van der Waals surface area contributed by atoms with Gasteiger partial charge in [0.05, 0.1) is 11.8 Å². The first-order chi connectivity index (χ1) is 7.08. The molecule has 0 aromatic rings. The molecule has 0 aliphatic carbocycles. The molecule has 0 spiro atoms. The summed E-state index contributed by atoms with van der Waals surface area (Å²) in [7, 11) is 4.06. The number of allylic oxidation sites excluding steroid dienone is 2. The maximum absolute atomic E-state index is 11.3. The number of β-lactam (4-membered cyclic amide) rings is 1. The quantitative estimate of drug-likeness (QED) is 0.666. The molecule has 0 aromatic carbocycles. The van der Waals surface area contributed by atoms with Crippen LogP contribution in [-0.2, 0) is 4.79 Å². The standard InChI is InChI=1S/C11H16N2OS/c1-8(12(2)3)4-9-6-13-10(14)5-11(13)15-7-9/h4,6,11H,5,7H2,1-3H3. The van der Waals surface area contributed by atoms with Crippen LogP contribution in [0.1, 0.15) is 13.3 Å². The van der Waals surface area contributed by atoms with Crippen LogP contribution in [0.4, 0.5) is 0 Å². The molecule has 4 heteroatoms. The summed E-state index contributed by atoms with van der Waals surface area (Å²) in [6.45, 7) is 2.08. The molecule has 1 unspecified atom stereocenters. The highest BCUT2D eigenvalue weighted by molar-refractivity contribution is 8.00. The van der Waals surface area contributed by atoms with Crippen molar-refractivity contribution >= 4 is 17.7 Å². The normalized spacial score (nSPS) is 25.7. The average Bonchev–Trinajstić information content (AvgIpc) is 2.18. The number of rotatable bonds is 2. The minimum atomic E-state index is 0.251. The third-order valence-electron chi connectivity index (χ3n) is 2.79. The summed E-state index contributed by atoms with van der Waals surface area (Å²) in [6.07, 6.45) is 4.86. The summed E-state index contributed by atoms with van der Waals surface area (Å²) in [4.78, 5) is 15.2. The number of nitrogens with zero attached hydrogens (tertiary/aromatic N) is 2. The lowest BCUT2D eigenvalue weighted by atomic mass is 10.1. The van der Waals surface area contributed by atoms with Crippen molar-refractivity contribution in [2.24, 2.45) is 0 Å². The third kappa shape index (κ3) is 2.04. The third-order valence-corrected chi connectivity index (χ3v) is 4.07. The van der Waals surface area contributed by atoms with Gasteiger partial charge < -0.3 is 9.80 Å². The zero-order valence-electron chi connectivity index (χ0n) is 9.36. The van der Waals surface area contributed by atoms with Crippen molar-refractivity contribution in [2.75, 3.05) is 19.8 Å². The van der Waals surface area contributed by atoms with Gasteiger partial charge >= 0.3 is 0 Å². The van der Waals surface area contributed by atoms with Gasteiger partial charge in [-0.3, -0.25) is 4.79 Å². The van der Waals surface area contributed by atoms with Crippen molar-refractivity contribution in [3.05, 3.63) is 23.5 Å². The van der Waals surface area contributed by atoms with Crippen LogP contribution in [0.3, 0.4) is 0 Å². The van der Waals surface area contributed by atoms with E-state index in [9.17, 15) is 4.79 Å². The van der Waals surface area contributed by atoms with E-state index in [1.165, 1.54) is 11.3 Å². The first-order valence-corrected chi connectivity index (χ1v) is 6.12. The maximum Gasteiger partial charge on any atom is 0.230 e. The predicted molar refractivity (Wildman–Crippen MR) is 63.2 cm³/mol. The lowest BCUT2D eigenvalue weighted by Crippen LogP contribution is -2.49. The van der Waals surface area contributed by atoms with Gasteiger partial charge in [0.25, 0.3) is 0 Å². The summed E-state index contributed by atoms with van der Waals surface area (Å²) in [6, 6.07) is 0. The maximum atomic E-state index is 11.3. The summed E-state index contributed by atoms with van der Waals surface area (Å²) in [5.74, 6) is 1.26. The number of amides is 1. The summed E-state index contributed by atoms with van der Waals surface area (Å²) in [5, 5.41) is 0.411. The van der Waals surface area contributed by atoms with Gasteiger partial charge in [0, 0.05) is 31.7 Å². The Kier molecular flexibility index (Phi) is 2.78. The average molecular weight is 224 g/mol. The molecule has 1 fully saturated rings. The fourth-order valence-corrected chi connectivity index (χ4v) is 2.72. The van der Waals surface area contributed by atoms with E-state index in [1.54, 1.807) is 0 Å². The Morgan fingerprint density at radius 2 is 2.40 bits per heavy atom. The number of thioether (sulfide) groups is 1. The first-order valence-electron chi connectivity index (χ1n) is 5.07. The Morgan fingerprint density at radius 3 is 3.00 bits per heavy atom. The molecule has 0 radical (unpaired) electrons. The smallest absolute Gasteiger partial charge is 0.230 e. The molecule has 2 aliphatic heterocycles. The van der Waals surface area contributed by atoms with Crippen LogP contribution in [0.25, 0.3) is 0 Å². The van der Waals surface area contributed by atoms with Gasteiger partial charge in [0.2, 0.25) is 5.91 Å². The number of carbonyl (C=O) groups is 1. The fraction of sp³-hybridized carbons (Fsp3) is 0.545. The number of carbonyl (C=O) groups excluding carboxylic acids is 1. The Morgan fingerprint density at radius 1 is 1.67 bits per heavy atom. The van der Waals surface area contributed by atoms with Crippen LogP contribution in [-0.4, -0.2) is 40.9 Å². The fourth-order valence-electron chi connectivity index (χ4n) is 1.58. The van der Waals surface area contributed by atoms with Gasteiger partial charge in [-0.25, -0.2) is 0 Å². The molecule has 2 rings (SSSR count). The Hall–Kier alpha value is -0.900. The largest absolute Gasteiger partial charge is 0.381 e. The minimum absolute atomic E-state index is 0.251. The van der Waals surface area contributed by atoms with Crippen LogP contribution < -0.4 is 0 Å². The highest BCUT2D eigenvalue weighted by Crippen LogP contribution is 2.35. The van der Waals surface area contributed by atoms with E-state index < -0.39 is 0 Å². The van der Waals surface area contributed by atoms with E-state index in [0.717, 1.165) is 5.75 Å². The Labute approximate surface area is 94.8 Å². The highest BCUT2D eigenvalue weighted by Gasteiger charge is 2.37. The van der Waals surface area contributed by atoms with Crippen molar-refractivity contribution in [3.8, 4) is 0 Å². The first kappa shape index (κ1) is 10.6. The Bertz CT molecular complexity index is 346. The second-order valence-electron chi connectivity index (χ2n) is 4.15. The van der Waals surface area contributed by atoms with E-state index in [4.69, 9.17) is 0 Å². The second-order valence-corrected chi connectivity index (χ2v) is 5.32. The topological polar surface area (TPSA) is 23.6 Å². The molecule has 3 nitrogen and oxygen atoms in total. The van der Waals surface area contributed by atoms with Crippen LogP contribution in [0, 0.1) is 0 Å². The minimum Gasteiger partial charge on any atom is -0.381 e. The van der Waals surface area contributed by atoms with Crippen molar-refractivity contribution in [3.63, 3.8) is 0 Å². The SMILES string of the molecule is CC(=CC1=CN2C(=O)CC2SC1)N(C)C. The van der Waals surface area contributed by atoms with Crippen molar-refractivity contribution in [1.29, 1.82) is 0 Å². The molecule has 1 atom stereocenters. The summed E-state index contributed by atoms with van der Waals surface area (Å²) >= 11 is 1.85. The van der Waals surface area contributed by atoms with Gasteiger partial charge in [-0.2, -0.15) is 0 Å². The van der Waals surface area contributed by atoms with Crippen LogP contribution in [0.15, 0.2) is 23.5 Å². The monoisotopic (exact) mass is 224 g/mol. The van der Waals surface area contributed by atoms with Crippen LogP contribution in [0.5, 0.6) is 0 Å². The number of fused-ring (bicyclic) bond motifs is 1. The molecule has 1 saturated heterocycles. The summed E-state index contributed by atoms with van der Waals surface area (Å²) in [5.41, 5.74) is 2.45. The molecule has 0 saturated carbocycles. The lowest BCUT2D eigenvalue weighted by Gasteiger charge is -2.40. The molecular formula is C11H16N2OS. The van der Waals surface area contributed by atoms with E-state index in [0.29, 0.717) is 11.8 Å². The van der Waals surface area contributed by atoms with Gasteiger partial charge in [-0.1, -0.05) is 0 Å². The van der Waals surface area contributed by atoms with Crippen molar-refractivity contribution < 1.29 is 4.79 Å². The lowest BCUT2D eigenvalue weighted by molar-refractivity contribution is -0.137. The molecule has 15 heavy (non-hydrogen) atoms. The van der Waals surface area contributed by atoms with E-state index >= 15 is 0 Å². The summed E-state index contributed by atoms with van der Waals surface area (Å²) < 4.78 is 0. The van der Waals surface area contributed by atoms with E-state index in [1.807, 2.05) is 37.0 Å². The van der Waals surface area contributed by atoms with Gasteiger partial charge in [-0.15, -0.1) is 11.8 Å². The number of hydrogen-bond acceptors (Lipinski definition) is 3. The van der Waals surface area contributed by atoms with Crippen LogP contribution in [0.2, 0.25) is 0 Å². The highest BCUT2D eigenvalue weighted by atomic mass is 32.2. The molecule has 0 N–H and O–H groups in total. The van der Waals surface area contributed by atoms with Gasteiger partial charge in [0.15, 0.2) is 0 Å².